The maximum atomic E-state index is 11.6. The second-order valence-corrected chi connectivity index (χ2v) is 5.46. The van der Waals surface area contributed by atoms with Crippen LogP contribution in [0.15, 0.2) is 23.1 Å². The third-order valence-electron chi connectivity index (χ3n) is 2.77. The van der Waals surface area contributed by atoms with Crippen LogP contribution in [0.4, 0.5) is 11.4 Å². The third-order valence-corrected chi connectivity index (χ3v) is 3.95. The molecular weight excluding hydrogens is 236 g/mol. The number of aliphatic hydroxyl groups is 1. The maximum absolute atomic E-state index is 11.6. The molecule has 2 N–H and O–H groups in total. The molecule has 92 valence electrons. The SMILES string of the molecule is CC1Sc2ccc(N(C)CCO)cc2NC1=O. The van der Waals surface area contributed by atoms with Crippen molar-refractivity contribution in [1.29, 1.82) is 0 Å². The number of carbonyl (C=O) groups is 1. The second kappa shape index (κ2) is 4.98. The number of thioether (sulfide) groups is 1. The first-order chi connectivity index (χ1) is 8.11. The van der Waals surface area contributed by atoms with Gasteiger partial charge in [0, 0.05) is 24.2 Å². The van der Waals surface area contributed by atoms with Crippen LogP contribution >= 0.6 is 11.8 Å². The predicted molar refractivity (Wildman–Crippen MR) is 70.7 cm³/mol. The zero-order valence-corrected chi connectivity index (χ0v) is 10.8. The minimum absolute atomic E-state index is 0.0384. The number of benzene rings is 1. The highest BCUT2D eigenvalue weighted by Gasteiger charge is 2.23. The van der Waals surface area contributed by atoms with E-state index in [4.69, 9.17) is 5.11 Å². The lowest BCUT2D eigenvalue weighted by Gasteiger charge is -2.24. The molecule has 0 spiro atoms. The van der Waals surface area contributed by atoms with Crippen molar-refractivity contribution in [2.75, 3.05) is 30.4 Å². The molecule has 0 saturated carbocycles. The van der Waals surface area contributed by atoms with Gasteiger partial charge in [0.15, 0.2) is 0 Å². The first-order valence-corrected chi connectivity index (χ1v) is 6.43. The normalized spacial score (nSPS) is 18.5. The van der Waals surface area contributed by atoms with Crippen molar-refractivity contribution in [3.8, 4) is 0 Å². The van der Waals surface area contributed by atoms with Gasteiger partial charge in [-0.05, 0) is 25.1 Å². The van der Waals surface area contributed by atoms with Crippen LogP contribution in [0, 0.1) is 0 Å². The smallest absolute Gasteiger partial charge is 0.237 e. The van der Waals surface area contributed by atoms with E-state index in [1.54, 1.807) is 11.8 Å². The van der Waals surface area contributed by atoms with E-state index < -0.39 is 0 Å². The summed E-state index contributed by atoms with van der Waals surface area (Å²) in [6.07, 6.45) is 0. The summed E-state index contributed by atoms with van der Waals surface area (Å²) in [6, 6.07) is 5.96. The summed E-state index contributed by atoms with van der Waals surface area (Å²) < 4.78 is 0. The summed E-state index contributed by atoms with van der Waals surface area (Å²) in [5, 5.41) is 11.8. The first kappa shape index (κ1) is 12.3. The zero-order chi connectivity index (χ0) is 12.4. The van der Waals surface area contributed by atoms with Crippen molar-refractivity contribution < 1.29 is 9.90 Å². The van der Waals surface area contributed by atoms with Gasteiger partial charge < -0.3 is 15.3 Å². The zero-order valence-electron chi connectivity index (χ0n) is 9.93. The maximum Gasteiger partial charge on any atom is 0.237 e. The number of amides is 1. The molecule has 0 radical (unpaired) electrons. The van der Waals surface area contributed by atoms with Crippen LogP contribution in [0.1, 0.15) is 6.92 Å². The molecule has 0 bridgehead atoms. The number of carbonyl (C=O) groups excluding carboxylic acids is 1. The number of hydrogen-bond donors (Lipinski definition) is 2. The molecule has 1 aliphatic rings. The number of aliphatic hydroxyl groups excluding tert-OH is 1. The molecule has 1 amide bonds. The van der Waals surface area contributed by atoms with Crippen molar-refractivity contribution in [3.63, 3.8) is 0 Å². The molecule has 17 heavy (non-hydrogen) atoms. The highest BCUT2D eigenvalue weighted by atomic mass is 32.2. The van der Waals surface area contributed by atoms with Crippen LogP contribution in [-0.2, 0) is 4.79 Å². The lowest BCUT2D eigenvalue weighted by Crippen LogP contribution is -2.27. The Morgan fingerprint density at radius 2 is 2.29 bits per heavy atom. The Morgan fingerprint density at radius 3 is 3.00 bits per heavy atom. The number of nitrogens with zero attached hydrogens (tertiary/aromatic N) is 1. The summed E-state index contributed by atoms with van der Waals surface area (Å²) in [5.41, 5.74) is 1.86. The lowest BCUT2D eigenvalue weighted by atomic mass is 10.2. The van der Waals surface area contributed by atoms with Crippen LogP contribution in [0.25, 0.3) is 0 Å². The monoisotopic (exact) mass is 252 g/mol. The fourth-order valence-corrected chi connectivity index (χ4v) is 2.64. The molecule has 1 atom stereocenters. The Balaban J connectivity index is 2.25. The molecule has 0 aromatic heterocycles. The van der Waals surface area contributed by atoms with E-state index in [0.717, 1.165) is 16.3 Å². The van der Waals surface area contributed by atoms with Gasteiger partial charge in [0.2, 0.25) is 5.91 Å². The molecule has 0 fully saturated rings. The van der Waals surface area contributed by atoms with E-state index in [0.29, 0.717) is 6.54 Å². The summed E-state index contributed by atoms with van der Waals surface area (Å²) in [4.78, 5) is 14.6. The van der Waals surface area contributed by atoms with Crippen LogP contribution in [0.3, 0.4) is 0 Å². The molecule has 1 unspecified atom stereocenters. The van der Waals surface area contributed by atoms with E-state index in [9.17, 15) is 4.79 Å². The van der Waals surface area contributed by atoms with E-state index in [1.165, 1.54) is 0 Å². The van der Waals surface area contributed by atoms with Crippen molar-refractivity contribution in [2.24, 2.45) is 0 Å². The fourth-order valence-electron chi connectivity index (χ4n) is 1.71. The molecule has 1 heterocycles. The van der Waals surface area contributed by atoms with Gasteiger partial charge in [0.05, 0.1) is 17.5 Å². The Kier molecular flexibility index (Phi) is 3.59. The second-order valence-electron chi connectivity index (χ2n) is 4.07. The number of rotatable bonds is 3. The third kappa shape index (κ3) is 2.56. The van der Waals surface area contributed by atoms with Crippen molar-refractivity contribution in [1.82, 2.24) is 0 Å². The lowest BCUT2D eigenvalue weighted by molar-refractivity contribution is -0.115. The minimum Gasteiger partial charge on any atom is -0.395 e. The van der Waals surface area contributed by atoms with Crippen molar-refractivity contribution in [2.45, 2.75) is 17.1 Å². The molecular formula is C12H16N2O2S. The molecule has 1 aliphatic heterocycles. The van der Waals surface area contributed by atoms with Gasteiger partial charge in [0.1, 0.15) is 0 Å². The van der Waals surface area contributed by atoms with Gasteiger partial charge in [-0.3, -0.25) is 4.79 Å². The number of fused-ring (bicyclic) bond motifs is 1. The Bertz CT molecular complexity index is 437. The fraction of sp³-hybridized carbons (Fsp3) is 0.417. The molecule has 5 heteroatoms. The summed E-state index contributed by atoms with van der Waals surface area (Å²) in [6.45, 7) is 2.59. The van der Waals surface area contributed by atoms with Gasteiger partial charge in [0.25, 0.3) is 0 Å². The number of anilines is 2. The number of likely N-dealkylation sites (N-methyl/N-ethyl adjacent to an activating group) is 1. The van der Waals surface area contributed by atoms with Gasteiger partial charge in [-0.2, -0.15) is 0 Å². The van der Waals surface area contributed by atoms with Crippen molar-refractivity contribution >= 4 is 29.0 Å². The molecule has 1 aromatic rings. The summed E-state index contributed by atoms with van der Waals surface area (Å²) in [7, 11) is 1.92. The largest absolute Gasteiger partial charge is 0.395 e. The van der Waals surface area contributed by atoms with Gasteiger partial charge in [-0.1, -0.05) is 0 Å². The topological polar surface area (TPSA) is 52.6 Å². The van der Waals surface area contributed by atoms with Gasteiger partial charge >= 0.3 is 0 Å². The van der Waals surface area contributed by atoms with E-state index >= 15 is 0 Å². The van der Waals surface area contributed by atoms with Crippen LogP contribution < -0.4 is 10.2 Å². The molecule has 0 aliphatic carbocycles. The number of nitrogens with one attached hydrogen (secondary N) is 1. The molecule has 4 nitrogen and oxygen atoms in total. The Hall–Kier alpha value is -1.20. The number of hydrogen-bond acceptors (Lipinski definition) is 4. The highest BCUT2D eigenvalue weighted by molar-refractivity contribution is 8.00. The van der Waals surface area contributed by atoms with E-state index in [-0.39, 0.29) is 17.8 Å². The van der Waals surface area contributed by atoms with Gasteiger partial charge in [-0.15, -0.1) is 11.8 Å². The van der Waals surface area contributed by atoms with E-state index in [2.05, 4.69) is 5.32 Å². The predicted octanol–water partition coefficient (Wildman–Crippen LogP) is 1.55. The van der Waals surface area contributed by atoms with Crippen LogP contribution in [0.2, 0.25) is 0 Å². The Labute approximate surface area is 105 Å². The Morgan fingerprint density at radius 1 is 1.53 bits per heavy atom. The highest BCUT2D eigenvalue weighted by Crippen LogP contribution is 2.37. The van der Waals surface area contributed by atoms with Gasteiger partial charge in [-0.25, -0.2) is 0 Å². The van der Waals surface area contributed by atoms with Crippen molar-refractivity contribution in [3.05, 3.63) is 18.2 Å². The summed E-state index contributed by atoms with van der Waals surface area (Å²) in [5.74, 6) is 0.0458. The average molecular weight is 252 g/mol. The standard InChI is InChI=1S/C12H16N2O2S/c1-8-12(16)13-10-7-9(14(2)5-6-15)3-4-11(10)17-8/h3-4,7-8,15H,5-6H2,1-2H3,(H,13,16). The van der Waals surface area contributed by atoms with Crippen LogP contribution in [0.5, 0.6) is 0 Å². The minimum atomic E-state index is -0.0384. The molecule has 1 aromatic carbocycles. The molecule has 2 rings (SSSR count). The average Bonchev–Trinajstić information content (AvgIpc) is 2.30. The first-order valence-electron chi connectivity index (χ1n) is 5.55. The van der Waals surface area contributed by atoms with Crippen LogP contribution in [-0.4, -0.2) is 36.5 Å². The quantitative estimate of drug-likeness (QED) is 0.857. The summed E-state index contributed by atoms with van der Waals surface area (Å²) >= 11 is 1.57. The molecule has 0 saturated heterocycles. The van der Waals surface area contributed by atoms with E-state index in [1.807, 2.05) is 37.1 Å².